The maximum atomic E-state index is 10.1. The third-order valence-corrected chi connectivity index (χ3v) is 0.626. The van der Waals surface area contributed by atoms with E-state index >= 15 is 0 Å². The molecule has 0 aromatic heterocycles. The van der Waals surface area contributed by atoms with Crippen molar-refractivity contribution in [3.05, 3.63) is 0 Å². The number of hydrogen-bond acceptors (Lipinski definition) is 0. The number of halogens is 2. The van der Waals surface area contributed by atoms with Gasteiger partial charge in [0.25, 0.3) is 3.42 Å². The molecule has 0 rings (SSSR count). The highest BCUT2D eigenvalue weighted by atomic mass is 79.9. The largest absolute Gasteiger partial charge is 0.271 e. The summed E-state index contributed by atoms with van der Waals surface area (Å²) in [5.74, 6) is 1.88. The molecular formula is C3HBr2O. The van der Waals surface area contributed by atoms with Crippen LogP contribution in [-0.4, -0.2) is 3.42 Å². The Hall–Kier alpha value is 0.480. The lowest BCUT2D eigenvalue weighted by atomic mass is 10.8. The summed E-state index contributed by atoms with van der Waals surface area (Å²) in [6.45, 7) is 0. The molecule has 0 unspecified atom stereocenters. The predicted octanol–water partition coefficient (Wildman–Crippen LogP) is 1.49. The van der Waals surface area contributed by atoms with E-state index in [1.165, 1.54) is 0 Å². The normalized spacial score (nSPS) is 10.3. The summed E-state index contributed by atoms with van der Waals surface area (Å²) >= 11 is 5.20. The predicted molar refractivity (Wildman–Crippen MR) is 30.1 cm³/mol. The molecule has 0 bridgehead atoms. The highest BCUT2D eigenvalue weighted by molar-refractivity contribution is 9.25. The van der Waals surface area contributed by atoms with Crippen LogP contribution in [0.15, 0.2) is 0 Å². The minimum Gasteiger partial charge on any atom is -0.190 e. The second kappa shape index (κ2) is 1.97. The van der Waals surface area contributed by atoms with Crippen molar-refractivity contribution in [2.24, 2.45) is 0 Å². The lowest BCUT2D eigenvalue weighted by Crippen LogP contribution is -1.99. The van der Waals surface area contributed by atoms with Crippen LogP contribution in [0.2, 0.25) is 0 Å². The monoisotopic (exact) mass is 211 g/mol. The number of terminal acetylenes is 1. The fourth-order valence-electron chi connectivity index (χ4n) is 0. The highest BCUT2D eigenvalue weighted by Crippen LogP contribution is 2.20. The minimum atomic E-state index is -1.56. The lowest BCUT2D eigenvalue weighted by molar-refractivity contribution is 0.194. The first kappa shape index (κ1) is 6.48. The molecule has 0 spiro atoms. The van der Waals surface area contributed by atoms with Crippen molar-refractivity contribution in [1.82, 2.24) is 0 Å². The third-order valence-electron chi connectivity index (χ3n) is 0.168. The standard InChI is InChI=1S/C3HBr2O/c1-2-3(4,5)6/h1H. The summed E-state index contributed by atoms with van der Waals surface area (Å²) in [4.78, 5) is 0. The molecule has 1 radical (unpaired) electrons. The second-order valence-corrected chi connectivity index (χ2v) is 3.96. The van der Waals surface area contributed by atoms with Gasteiger partial charge in [0.05, 0.1) is 0 Å². The molecule has 0 saturated carbocycles. The van der Waals surface area contributed by atoms with Gasteiger partial charge in [-0.15, -0.1) is 6.42 Å². The molecule has 0 aliphatic heterocycles. The van der Waals surface area contributed by atoms with Crippen molar-refractivity contribution in [2.45, 2.75) is 3.42 Å². The maximum absolute atomic E-state index is 10.1. The number of alkyl halides is 2. The van der Waals surface area contributed by atoms with Crippen LogP contribution in [0.3, 0.4) is 0 Å². The van der Waals surface area contributed by atoms with E-state index in [1.807, 2.05) is 5.92 Å². The highest BCUT2D eigenvalue weighted by Gasteiger charge is 2.13. The van der Waals surface area contributed by atoms with Crippen LogP contribution < -0.4 is 0 Å². The Morgan fingerprint density at radius 2 is 1.83 bits per heavy atom. The summed E-state index contributed by atoms with van der Waals surface area (Å²) in [7, 11) is 0. The third kappa shape index (κ3) is 4.48. The molecule has 0 aromatic rings. The van der Waals surface area contributed by atoms with Gasteiger partial charge in [-0.25, -0.2) is 0 Å². The quantitative estimate of drug-likeness (QED) is 0.429. The molecule has 33 valence electrons. The van der Waals surface area contributed by atoms with E-state index in [0.717, 1.165) is 0 Å². The summed E-state index contributed by atoms with van der Waals surface area (Å²) in [5, 5.41) is 10.1. The molecule has 0 saturated heterocycles. The lowest BCUT2D eigenvalue weighted by Gasteiger charge is -1.93. The van der Waals surface area contributed by atoms with Gasteiger partial charge in [0.1, 0.15) is 0 Å². The van der Waals surface area contributed by atoms with Gasteiger partial charge in [0.15, 0.2) is 0 Å². The van der Waals surface area contributed by atoms with Gasteiger partial charge in [-0.3, -0.25) is 0 Å². The van der Waals surface area contributed by atoms with Gasteiger partial charge in [-0.1, -0.05) is 0 Å². The van der Waals surface area contributed by atoms with Crippen molar-refractivity contribution in [2.75, 3.05) is 0 Å². The first-order chi connectivity index (χ1) is 2.56. The summed E-state index contributed by atoms with van der Waals surface area (Å²) in [5.41, 5.74) is 0. The zero-order valence-electron chi connectivity index (χ0n) is 2.74. The van der Waals surface area contributed by atoms with Gasteiger partial charge in [-0.2, -0.15) is 5.11 Å². The molecule has 1 nitrogen and oxygen atoms in total. The molecule has 0 aromatic carbocycles. The Morgan fingerprint density at radius 3 is 1.83 bits per heavy atom. The van der Waals surface area contributed by atoms with Gasteiger partial charge in [-0.05, 0) is 37.8 Å². The average Bonchev–Trinajstić information content (AvgIpc) is 1.35. The fourth-order valence-corrected chi connectivity index (χ4v) is 0. The Kier molecular flexibility index (Phi) is 2.12. The van der Waals surface area contributed by atoms with Crippen LogP contribution in [-0.2, 0) is 5.11 Å². The molecule has 0 aliphatic rings. The van der Waals surface area contributed by atoms with E-state index in [1.54, 1.807) is 0 Å². The Labute approximate surface area is 53.0 Å². The molecule has 0 heterocycles. The molecule has 0 atom stereocenters. The van der Waals surface area contributed by atoms with Crippen LogP contribution in [0.25, 0.3) is 0 Å². The van der Waals surface area contributed by atoms with E-state index in [4.69, 9.17) is 0 Å². The topological polar surface area (TPSA) is 19.9 Å². The van der Waals surface area contributed by atoms with Crippen molar-refractivity contribution in [3.63, 3.8) is 0 Å². The molecule has 0 amide bonds. The Balaban J connectivity index is 3.55. The van der Waals surface area contributed by atoms with Gasteiger partial charge in [0, 0.05) is 0 Å². The van der Waals surface area contributed by atoms with E-state index in [9.17, 15) is 5.11 Å². The number of rotatable bonds is 0. The van der Waals surface area contributed by atoms with Crippen LogP contribution in [0.4, 0.5) is 0 Å². The van der Waals surface area contributed by atoms with Crippen molar-refractivity contribution in [3.8, 4) is 12.3 Å². The smallest absolute Gasteiger partial charge is 0.190 e. The summed E-state index contributed by atoms with van der Waals surface area (Å²) < 4.78 is -1.56. The molecular weight excluding hydrogens is 212 g/mol. The first-order valence-electron chi connectivity index (χ1n) is 1.12. The SMILES string of the molecule is C#CC([O])(Br)Br. The zero-order valence-corrected chi connectivity index (χ0v) is 5.91. The van der Waals surface area contributed by atoms with E-state index in [-0.39, 0.29) is 0 Å². The van der Waals surface area contributed by atoms with Gasteiger partial charge >= 0.3 is 0 Å². The maximum Gasteiger partial charge on any atom is 0.271 e. The van der Waals surface area contributed by atoms with Crippen molar-refractivity contribution in [1.29, 1.82) is 0 Å². The second-order valence-electron chi connectivity index (χ2n) is 0.661. The number of hydrogen-bond donors (Lipinski definition) is 0. The zero-order chi connectivity index (χ0) is 5.21. The molecule has 0 N–H and O–H groups in total. The molecule has 0 fully saturated rings. The molecule has 6 heavy (non-hydrogen) atoms. The molecule has 0 aliphatic carbocycles. The van der Waals surface area contributed by atoms with Crippen molar-refractivity contribution < 1.29 is 5.11 Å². The van der Waals surface area contributed by atoms with Gasteiger partial charge < -0.3 is 0 Å². The van der Waals surface area contributed by atoms with E-state index in [2.05, 4.69) is 38.3 Å². The summed E-state index contributed by atoms with van der Waals surface area (Å²) in [6, 6.07) is 0. The fraction of sp³-hybridized carbons (Fsp3) is 0.333. The van der Waals surface area contributed by atoms with Crippen LogP contribution >= 0.6 is 31.9 Å². The van der Waals surface area contributed by atoms with E-state index in [0.29, 0.717) is 0 Å². The van der Waals surface area contributed by atoms with Crippen LogP contribution in [0, 0.1) is 12.3 Å². The van der Waals surface area contributed by atoms with Gasteiger partial charge in [0.2, 0.25) is 0 Å². The average molecular weight is 213 g/mol. The summed E-state index contributed by atoms with van der Waals surface area (Å²) in [6.07, 6.45) is 4.65. The Bertz CT molecular complexity index is 75.8. The Morgan fingerprint density at radius 1 is 1.67 bits per heavy atom. The minimum absolute atomic E-state index is 1.56. The first-order valence-corrected chi connectivity index (χ1v) is 2.71. The van der Waals surface area contributed by atoms with E-state index < -0.39 is 3.42 Å². The molecule has 3 heteroatoms. The van der Waals surface area contributed by atoms with Crippen molar-refractivity contribution >= 4 is 31.9 Å². The van der Waals surface area contributed by atoms with Crippen LogP contribution in [0.5, 0.6) is 0 Å². The van der Waals surface area contributed by atoms with Crippen LogP contribution in [0.1, 0.15) is 0 Å².